The normalized spacial score (nSPS) is 11.0. The quantitative estimate of drug-likeness (QED) is 0.760. The maximum Gasteiger partial charge on any atom is 0.573 e. The SMILES string of the molecule is Cc1ccc(F)c(-c2ccc(C#N)c(OC(F)(F)F)c2)c1. The zero-order valence-electron chi connectivity index (χ0n) is 10.8. The zero-order valence-corrected chi connectivity index (χ0v) is 10.8. The first kappa shape index (κ1) is 14.9. The zero-order chi connectivity index (χ0) is 15.6. The van der Waals surface area contributed by atoms with Gasteiger partial charge in [0, 0.05) is 5.56 Å². The van der Waals surface area contributed by atoms with E-state index in [4.69, 9.17) is 5.26 Å². The minimum Gasteiger partial charge on any atom is -0.404 e. The smallest absolute Gasteiger partial charge is 0.404 e. The lowest BCUT2D eigenvalue weighted by atomic mass is 10.0. The van der Waals surface area contributed by atoms with Gasteiger partial charge in [-0.05, 0) is 36.8 Å². The Balaban J connectivity index is 2.54. The van der Waals surface area contributed by atoms with E-state index in [0.29, 0.717) is 0 Å². The maximum absolute atomic E-state index is 13.8. The van der Waals surface area contributed by atoms with E-state index >= 15 is 0 Å². The second-order valence-electron chi connectivity index (χ2n) is 4.35. The molecule has 21 heavy (non-hydrogen) atoms. The molecule has 0 bridgehead atoms. The van der Waals surface area contributed by atoms with Gasteiger partial charge < -0.3 is 4.74 Å². The van der Waals surface area contributed by atoms with Gasteiger partial charge in [-0.2, -0.15) is 5.26 Å². The predicted molar refractivity (Wildman–Crippen MR) is 68.0 cm³/mol. The minimum absolute atomic E-state index is 0.145. The largest absolute Gasteiger partial charge is 0.573 e. The van der Waals surface area contributed by atoms with Crippen LogP contribution < -0.4 is 4.74 Å². The highest BCUT2D eigenvalue weighted by molar-refractivity contribution is 5.68. The van der Waals surface area contributed by atoms with Crippen LogP contribution in [0.15, 0.2) is 36.4 Å². The number of nitrogens with zero attached hydrogens (tertiary/aromatic N) is 1. The summed E-state index contributed by atoms with van der Waals surface area (Å²) in [7, 11) is 0. The molecule has 0 saturated carbocycles. The number of rotatable bonds is 2. The molecule has 0 spiro atoms. The van der Waals surface area contributed by atoms with Crippen LogP contribution in [0, 0.1) is 24.1 Å². The van der Waals surface area contributed by atoms with Crippen molar-refractivity contribution in [1.29, 1.82) is 5.26 Å². The number of nitriles is 1. The molecule has 0 fully saturated rings. The topological polar surface area (TPSA) is 33.0 Å². The second kappa shape index (κ2) is 5.44. The second-order valence-corrected chi connectivity index (χ2v) is 4.35. The first-order valence-corrected chi connectivity index (χ1v) is 5.86. The van der Waals surface area contributed by atoms with E-state index in [1.807, 2.05) is 0 Å². The number of aryl methyl sites for hydroxylation is 1. The molecule has 0 heterocycles. The van der Waals surface area contributed by atoms with Gasteiger partial charge in [-0.15, -0.1) is 13.2 Å². The molecule has 0 atom stereocenters. The van der Waals surface area contributed by atoms with Gasteiger partial charge in [0.15, 0.2) is 0 Å². The summed E-state index contributed by atoms with van der Waals surface area (Å²) in [5, 5.41) is 8.80. The molecule has 2 aromatic carbocycles. The molecule has 6 heteroatoms. The Bertz CT molecular complexity index is 717. The summed E-state index contributed by atoms with van der Waals surface area (Å²) in [6.07, 6.45) is -4.92. The van der Waals surface area contributed by atoms with Gasteiger partial charge in [0.25, 0.3) is 0 Å². The molecule has 2 nitrogen and oxygen atoms in total. The maximum atomic E-state index is 13.8. The third kappa shape index (κ3) is 3.51. The van der Waals surface area contributed by atoms with E-state index in [2.05, 4.69) is 4.74 Å². The van der Waals surface area contributed by atoms with Crippen molar-refractivity contribution in [1.82, 2.24) is 0 Å². The molecule has 0 aliphatic rings. The molecule has 0 N–H and O–H groups in total. The van der Waals surface area contributed by atoms with Crippen LogP contribution in [0.25, 0.3) is 11.1 Å². The third-order valence-corrected chi connectivity index (χ3v) is 2.76. The molecule has 0 amide bonds. The highest BCUT2D eigenvalue weighted by Gasteiger charge is 2.32. The number of ether oxygens (including phenoxy) is 1. The average molecular weight is 295 g/mol. The van der Waals surface area contributed by atoms with Crippen LogP contribution >= 0.6 is 0 Å². The fourth-order valence-electron chi connectivity index (χ4n) is 1.85. The van der Waals surface area contributed by atoms with Crippen LogP contribution in [0.1, 0.15) is 11.1 Å². The highest BCUT2D eigenvalue weighted by atomic mass is 19.4. The Hall–Kier alpha value is -2.55. The molecule has 0 unspecified atom stereocenters. The molecular formula is C15H9F4NO. The van der Waals surface area contributed by atoms with Crippen LogP contribution in [-0.2, 0) is 0 Å². The molecule has 2 rings (SSSR count). The average Bonchev–Trinajstić information content (AvgIpc) is 2.39. The summed E-state index contributed by atoms with van der Waals surface area (Å²) in [5.41, 5.74) is 0.833. The van der Waals surface area contributed by atoms with Crippen molar-refractivity contribution < 1.29 is 22.3 Å². The molecule has 0 radical (unpaired) electrons. The molecular weight excluding hydrogens is 286 g/mol. The Kier molecular flexibility index (Phi) is 3.85. The van der Waals surface area contributed by atoms with Crippen LogP contribution in [0.3, 0.4) is 0 Å². The van der Waals surface area contributed by atoms with Gasteiger partial charge in [0.1, 0.15) is 17.6 Å². The standard InChI is InChI=1S/C15H9F4NO/c1-9-2-5-13(16)12(6-9)10-3-4-11(8-20)14(7-10)21-15(17,18)19/h2-7H,1H3. The fraction of sp³-hybridized carbons (Fsp3) is 0.133. The van der Waals surface area contributed by atoms with E-state index < -0.39 is 17.9 Å². The Morgan fingerprint density at radius 3 is 2.43 bits per heavy atom. The first-order chi connectivity index (χ1) is 9.80. The van der Waals surface area contributed by atoms with Gasteiger partial charge in [0.2, 0.25) is 0 Å². The fourth-order valence-corrected chi connectivity index (χ4v) is 1.85. The van der Waals surface area contributed by atoms with Crippen molar-refractivity contribution in [2.24, 2.45) is 0 Å². The summed E-state index contributed by atoms with van der Waals surface area (Å²) in [6.45, 7) is 1.74. The number of hydrogen-bond donors (Lipinski definition) is 0. The number of benzene rings is 2. The van der Waals surface area contributed by atoms with E-state index in [-0.39, 0.29) is 16.7 Å². The highest BCUT2D eigenvalue weighted by Crippen LogP contribution is 2.32. The van der Waals surface area contributed by atoms with E-state index in [0.717, 1.165) is 17.7 Å². The van der Waals surface area contributed by atoms with Gasteiger partial charge >= 0.3 is 6.36 Å². The van der Waals surface area contributed by atoms with Crippen LogP contribution in [0.2, 0.25) is 0 Å². The van der Waals surface area contributed by atoms with Crippen molar-refractivity contribution in [2.45, 2.75) is 13.3 Å². The van der Waals surface area contributed by atoms with E-state index in [1.54, 1.807) is 19.1 Å². The van der Waals surface area contributed by atoms with Gasteiger partial charge in [-0.1, -0.05) is 17.7 Å². The van der Waals surface area contributed by atoms with Crippen molar-refractivity contribution in [3.05, 3.63) is 53.3 Å². The number of alkyl halides is 3. The predicted octanol–water partition coefficient (Wildman–Crippen LogP) is 4.57. The van der Waals surface area contributed by atoms with Crippen molar-refractivity contribution in [3.8, 4) is 22.9 Å². The van der Waals surface area contributed by atoms with E-state index in [9.17, 15) is 17.6 Å². The minimum atomic E-state index is -4.92. The Morgan fingerprint density at radius 2 is 1.81 bits per heavy atom. The first-order valence-electron chi connectivity index (χ1n) is 5.86. The van der Waals surface area contributed by atoms with Crippen LogP contribution in [0.4, 0.5) is 17.6 Å². The molecule has 2 aromatic rings. The molecule has 0 aliphatic heterocycles. The van der Waals surface area contributed by atoms with Crippen molar-refractivity contribution in [3.63, 3.8) is 0 Å². The summed E-state index contributed by atoms with van der Waals surface area (Å²) in [5.74, 6) is -1.22. The van der Waals surface area contributed by atoms with Gasteiger partial charge in [-0.25, -0.2) is 4.39 Å². The summed E-state index contributed by atoms with van der Waals surface area (Å²) >= 11 is 0. The van der Waals surface area contributed by atoms with Crippen LogP contribution in [-0.4, -0.2) is 6.36 Å². The summed E-state index contributed by atoms with van der Waals surface area (Å²) in [6, 6.07) is 9.44. The van der Waals surface area contributed by atoms with Crippen molar-refractivity contribution >= 4 is 0 Å². The van der Waals surface area contributed by atoms with Gasteiger partial charge in [-0.3, -0.25) is 0 Å². The Morgan fingerprint density at radius 1 is 1.10 bits per heavy atom. The summed E-state index contributed by atoms with van der Waals surface area (Å²) in [4.78, 5) is 0. The molecule has 0 saturated heterocycles. The lowest BCUT2D eigenvalue weighted by molar-refractivity contribution is -0.274. The molecule has 0 aliphatic carbocycles. The molecule has 0 aromatic heterocycles. The number of hydrogen-bond acceptors (Lipinski definition) is 2. The lowest BCUT2D eigenvalue weighted by Crippen LogP contribution is -2.17. The van der Waals surface area contributed by atoms with Crippen molar-refractivity contribution in [2.75, 3.05) is 0 Å². The lowest BCUT2D eigenvalue weighted by Gasteiger charge is -2.12. The molecule has 108 valence electrons. The summed E-state index contributed by atoms with van der Waals surface area (Å²) < 4.78 is 54.6. The van der Waals surface area contributed by atoms with Crippen LogP contribution in [0.5, 0.6) is 5.75 Å². The van der Waals surface area contributed by atoms with E-state index in [1.165, 1.54) is 18.2 Å². The monoisotopic (exact) mass is 295 g/mol. The third-order valence-electron chi connectivity index (χ3n) is 2.76. The Labute approximate surface area is 118 Å². The van der Waals surface area contributed by atoms with Gasteiger partial charge in [0.05, 0.1) is 5.56 Å². The number of halogens is 4.